The first-order chi connectivity index (χ1) is 7.24. The van der Waals surface area contributed by atoms with Crippen LogP contribution in [0, 0.1) is 0 Å². The molecule has 86 valence electrons. The van der Waals surface area contributed by atoms with Crippen LogP contribution in [0.2, 0.25) is 0 Å². The van der Waals surface area contributed by atoms with E-state index in [-0.39, 0.29) is 6.04 Å². The minimum absolute atomic E-state index is 0.216. The fraction of sp³-hybridized carbons (Fsp3) is 0.727. The van der Waals surface area contributed by atoms with Crippen molar-refractivity contribution in [2.24, 2.45) is 12.8 Å². The average molecular weight is 211 g/mol. The van der Waals surface area contributed by atoms with Crippen molar-refractivity contribution < 1.29 is 4.74 Å². The van der Waals surface area contributed by atoms with Gasteiger partial charge in [0.1, 0.15) is 5.82 Å². The summed E-state index contributed by atoms with van der Waals surface area (Å²) in [5.41, 5.74) is 5.96. The highest BCUT2D eigenvalue weighted by atomic mass is 16.5. The monoisotopic (exact) mass is 211 g/mol. The van der Waals surface area contributed by atoms with Crippen LogP contribution in [0.4, 0.5) is 0 Å². The van der Waals surface area contributed by atoms with Crippen LogP contribution in [0.5, 0.6) is 0 Å². The molecule has 0 amide bonds. The number of hydrogen-bond acceptors (Lipinski definition) is 3. The van der Waals surface area contributed by atoms with Crippen LogP contribution >= 0.6 is 0 Å². The van der Waals surface area contributed by atoms with E-state index in [4.69, 9.17) is 10.5 Å². The zero-order valence-corrected chi connectivity index (χ0v) is 9.65. The Morgan fingerprint density at radius 3 is 2.93 bits per heavy atom. The molecular formula is C11H21N3O. The molecule has 2 N–H and O–H groups in total. The zero-order chi connectivity index (χ0) is 11.1. The van der Waals surface area contributed by atoms with Crippen molar-refractivity contribution in [1.29, 1.82) is 0 Å². The van der Waals surface area contributed by atoms with Crippen molar-refractivity contribution >= 4 is 0 Å². The Hall–Kier alpha value is -0.870. The summed E-state index contributed by atoms with van der Waals surface area (Å²) in [7, 11) is 2.01. The molecule has 0 aromatic carbocycles. The predicted octanol–water partition coefficient (Wildman–Crippen LogP) is 1.11. The highest BCUT2D eigenvalue weighted by Crippen LogP contribution is 2.03. The van der Waals surface area contributed by atoms with Crippen molar-refractivity contribution in [3.8, 4) is 0 Å². The van der Waals surface area contributed by atoms with Gasteiger partial charge in [-0.1, -0.05) is 0 Å². The fourth-order valence-electron chi connectivity index (χ4n) is 1.48. The summed E-state index contributed by atoms with van der Waals surface area (Å²) >= 11 is 0. The SMILES string of the molecule is CCOCCC(N)CCc1nccn1C. The van der Waals surface area contributed by atoms with Crippen molar-refractivity contribution in [2.75, 3.05) is 13.2 Å². The Labute approximate surface area is 91.4 Å². The first-order valence-corrected chi connectivity index (χ1v) is 5.53. The number of nitrogens with two attached hydrogens (primary N) is 1. The predicted molar refractivity (Wildman–Crippen MR) is 60.6 cm³/mol. The van der Waals surface area contributed by atoms with Gasteiger partial charge >= 0.3 is 0 Å². The number of nitrogens with zero attached hydrogens (tertiary/aromatic N) is 2. The van der Waals surface area contributed by atoms with Gasteiger partial charge in [-0.2, -0.15) is 0 Å². The Morgan fingerprint density at radius 1 is 1.53 bits per heavy atom. The standard InChI is InChI=1S/C11H21N3O/c1-3-15-9-6-10(12)4-5-11-13-7-8-14(11)2/h7-8,10H,3-6,9,12H2,1-2H3. The molecule has 1 atom stereocenters. The van der Waals surface area contributed by atoms with Crippen LogP contribution in [0.3, 0.4) is 0 Å². The van der Waals surface area contributed by atoms with Crippen LogP contribution in [0.1, 0.15) is 25.6 Å². The highest BCUT2D eigenvalue weighted by molar-refractivity contribution is 4.91. The van der Waals surface area contributed by atoms with Crippen LogP contribution < -0.4 is 5.73 Å². The number of imidazole rings is 1. The first kappa shape index (κ1) is 12.2. The molecule has 0 aliphatic carbocycles. The van der Waals surface area contributed by atoms with Crippen LogP contribution in [0.25, 0.3) is 0 Å². The lowest BCUT2D eigenvalue weighted by atomic mass is 10.1. The van der Waals surface area contributed by atoms with Crippen LogP contribution in [-0.4, -0.2) is 28.8 Å². The van der Waals surface area contributed by atoms with Crippen LogP contribution in [0.15, 0.2) is 12.4 Å². The molecule has 0 aliphatic heterocycles. The lowest BCUT2D eigenvalue weighted by Gasteiger charge is -2.10. The van der Waals surface area contributed by atoms with Crippen LogP contribution in [-0.2, 0) is 18.2 Å². The molecule has 1 aromatic heterocycles. The van der Waals surface area contributed by atoms with Gasteiger partial charge in [0.05, 0.1) is 0 Å². The Balaban J connectivity index is 2.16. The maximum absolute atomic E-state index is 5.96. The third-order valence-corrected chi connectivity index (χ3v) is 2.50. The van der Waals surface area contributed by atoms with E-state index >= 15 is 0 Å². The van der Waals surface area contributed by atoms with Gasteiger partial charge in [0, 0.05) is 45.1 Å². The second-order valence-electron chi connectivity index (χ2n) is 3.74. The third-order valence-electron chi connectivity index (χ3n) is 2.50. The number of aromatic nitrogens is 2. The molecule has 1 heterocycles. The molecule has 0 spiro atoms. The van der Waals surface area contributed by atoms with E-state index in [1.807, 2.05) is 30.9 Å². The maximum atomic E-state index is 5.96. The normalized spacial score (nSPS) is 13.0. The maximum Gasteiger partial charge on any atom is 0.108 e. The minimum atomic E-state index is 0.216. The van der Waals surface area contributed by atoms with Crippen molar-refractivity contribution in [3.63, 3.8) is 0 Å². The summed E-state index contributed by atoms with van der Waals surface area (Å²) in [6, 6.07) is 0.216. The second-order valence-corrected chi connectivity index (χ2v) is 3.74. The van der Waals surface area contributed by atoms with Crippen molar-refractivity contribution in [3.05, 3.63) is 18.2 Å². The van der Waals surface area contributed by atoms with Gasteiger partial charge in [-0.05, 0) is 19.8 Å². The minimum Gasteiger partial charge on any atom is -0.382 e. The van der Waals surface area contributed by atoms with E-state index in [1.165, 1.54) is 0 Å². The highest BCUT2D eigenvalue weighted by Gasteiger charge is 2.05. The molecule has 1 rings (SSSR count). The largest absolute Gasteiger partial charge is 0.382 e. The van der Waals surface area contributed by atoms with Gasteiger partial charge in [-0.15, -0.1) is 0 Å². The summed E-state index contributed by atoms with van der Waals surface area (Å²) in [4.78, 5) is 4.26. The molecule has 0 radical (unpaired) electrons. The molecule has 0 saturated heterocycles. The molecular weight excluding hydrogens is 190 g/mol. The lowest BCUT2D eigenvalue weighted by molar-refractivity contribution is 0.139. The number of hydrogen-bond donors (Lipinski definition) is 1. The molecule has 4 heteroatoms. The Bertz CT molecular complexity index is 273. The van der Waals surface area contributed by atoms with Gasteiger partial charge in [0.25, 0.3) is 0 Å². The van der Waals surface area contributed by atoms with Gasteiger partial charge in [0.2, 0.25) is 0 Å². The quantitative estimate of drug-likeness (QED) is 0.687. The Kier molecular flexibility index (Phi) is 5.36. The van der Waals surface area contributed by atoms with Gasteiger partial charge in [-0.25, -0.2) is 4.98 Å². The molecule has 4 nitrogen and oxygen atoms in total. The van der Waals surface area contributed by atoms with E-state index in [2.05, 4.69) is 4.98 Å². The third kappa shape index (κ3) is 4.44. The van der Waals surface area contributed by atoms with E-state index < -0.39 is 0 Å². The molecule has 1 unspecified atom stereocenters. The smallest absolute Gasteiger partial charge is 0.108 e. The summed E-state index contributed by atoms with van der Waals surface area (Å²) in [6.07, 6.45) is 6.62. The summed E-state index contributed by atoms with van der Waals surface area (Å²) in [6.45, 7) is 3.53. The number of aryl methyl sites for hydroxylation is 2. The second kappa shape index (κ2) is 6.58. The van der Waals surface area contributed by atoms with E-state index in [0.717, 1.165) is 38.3 Å². The van der Waals surface area contributed by atoms with E-state index in [9.17, 15) is 0 Å². The summed E-state index contributed by atoms with van der Waals surface area (Å²) in [5.74, 6) is 1.10. The van der Waals surface area contributed by atoms with E-state index in [0.29, 0.717) is 0 Å². The first-order valence-electron chi connectivity index (χ1n) is 5.53. The summed E-state index contributed by atoms with van der Waals surface area (Å²) < 4.78 is 7.30. The van der Waals surface area contributed by atoms with Crippen molar-refractivity contribution in [2.45, 2.75) is 32.2 Å². The Morgan fingerprint density at radius 2 is 2.33 bits per heavy atom. The zero-order valence-electron chi connectivity index (χ0n) is 9.65. The number of rotatable bonds is 7. The van der Waals surface area contributed by atoms with Crippen molar-refractivity contribution in [1.82, 2.24) is 9.55 Å². The fourth-order valence-corrected chi connectivity index (χ4v) is 1.48. The molecule has 0 aliphatic rings. The average Bonchev–Trinajstić information content (AvgIpc) is 2.61. The summed E-state index contributed by atoms with van der Waals surface area (Å²) in [5, 5.41) is 0. The van der Waals surface area contributed by atoms with Gasteiger partial charge in [-0.3, -0.25) is 0 Å². The lowest BCUT2D eigenvalue weighted by Crippen LogP contribution is -2.23. The topological polar surface area (TPSA) is 53.1 Å². The molecule has 0 saturated carbocycles. The number of ether oxygens (including phenoxy) is 1. The molecule has 0 bridgehead atoms. The molecule has 0 fully saturated rings. The molecule has 15 heavy (non-hydrogen) atoms. The van der Waals surface area contributed by atoms with Gasteiger partial charge < -0.3 is 15.0 Å². The van der Waals surface area contributed by atoms with E-state index in [1.54, 1.807) is 0 Å². The molecule has 1 aromatic rings. The van der Waals surface area contributed by atoms with Gasteiger partial charge in [0.15, 0.2) is 0 Å².